The highest BCUT2D eigenvalue weighted by atomic mass is 16.5. The second-order valence-corrected chi connectivity index (χ2v) is 5.20. The summed E-state index contributed by atoms with van der Waals surface area (Å²) in [5, 5.41) is 0. The first-order valence-electron chi connectivity index (χ1n) is 6.56. The fourth-order valence-electron chi connectivity index (χ4n) is 1.89. The number of rotatable bonds is 7. The van der Waals surface area contributed by atoms with E-state index in [1.807, 2.05) is 12.1 Å². The average molecular weight is 249 g/mol. The Bertz CT molecular complexity index is 360. The van der Waals surface area contributed by atoms with Crippen molar-refractivity contribution >= 4 is 0 Å². The summed E-state index contributed by atoms with van der Waals surface area (Å²) in [6.07, 6.45) is 3.83. The van der Waals surface area contributed by atoms with Crippen molar-refractivity contribution < 1.29 is 4.74 Å². The molecule has 1 aliphatic carbocycles. The Balaban J connectivity index is 1.92. The van der Waals surface area contributed by atoms with Crippen LogP contribution in [0.1, 0.15) is 30.9 Å². The molecule has 4 heteroatoms. The van der Waals surface area contributed by atoms with Crippen LogP contribution < -0.4 is 16.0 Å². The second-order valence-electron chi connectivity index (χ2n) is 5.20. The zero-order valence-corrected chi connectivity index (χ0v) is 11.2. The standard InChI is InChI=1S/C14H23N3O/c1-17(2)10-9-14(16-15)11-3-5-12(6-4-11)18-13-7-8-13/h3-6,13-14,16H,7-10,15H2,1-2H3. The molecule has 0 bridgehead atoms. The van der Waals surface area contributed by atoms with Gasteiger partial charge in [0.2, 0.25) is 0 Å². The molecule has 4 nitrogen and oxygen atoms in total. The van der Waals surface area contributed by atoms with Gasteiger partial charge in [0.15, 0.2) is 0 Å². The smallest absolute Gasteiger partial charge is 0.119 e. The summed E-state index contributed by atoms with van der Waals surface area (Å²) in [5.41, 5.74) is 4.09. The Kier molecular flexibility index (Phi) is 4.58. The number of nitrogens with two attached hydrogens (primary N) is 1. The number of nitrogens with zero attached hydrogens (tertiary/aromatic N) is 1. The summed E-state index contributed by atoms with van der Waals surface area (Å²) >= 11 is 0. The summed E-state index contributed by atoms with van der Waals surface area (Å²) in [5.74, 6) is 6.58. The highest BCUT2D eigenvalue weighted by Gasteiger charge is 2.23. The fourth-order valence-corrected chi connectivity index (χ4v) is 1.89. The Labute approximate surface area is 109 Å². The predicted octanol–water partition coefficient (Wildman–Crippen LogP) is 1.68. The Hall–Kier alpha value is -1.10. The maximum absolute atomic E-state index is 5.73. The molecule has 100 valence electrons. The highest BCUT2D eigenvalue weighted by molar-refractivity contribution is 5.29. The maximum Gasteiger partial charge on any atom is 0.119 e. The molecule has 18 heavy (non-hydrogen) atoms. The number of ether oxygens (including phenoxy) is 1. The molecule has 0 amide bonds. The molecule has 2 rings (SSSR count). The lowest BCUT2D eigenvalue weighted by Crippen LogP contribution is -2.30. The van der Waals surface area contributed by atoms with E-state index in [9.17, 15) is 0 Å². The van der Waals surface area contributed by atoms with Crippen molar-refractivity contribution in [2.45, 2.75) is 31.4 Å². The van der Waals surface area contributed by atoms with E-state index < -0.39 is 0 Å². The number of hydrazine groups is 1. The molecule has 1 aromatic rings. The molecule has 1 aromatic carbocycles. The van der Waals surface area contributed by atoms with Crippen molar-refractivity contribution in [3.05, 3.63) is 29.8 Å². The Morgan fingerprint density at radius 2 is 2.00 bits per heavy atom. The van der Waals surface area contributed by atoms with Crippen LogP contribution >= 0.6 is 0 Å². The SMILES string of the molecule is CN(C)CCC(NN)c1ccc(OC2CC2)cc1. The third-order valence-corrected chi connectivity index (χ3v) is 3.18. The van der Waals surface area contributed by atoms with E-state index >= 15 is 0 Å². The largest absolute Gasteiger partial charge is 0.490 e. The van der Waals surface area contributed by atoms with Crippen LogP contribution in [0.2, 0.25) is 0 Å². The summed E-state index contributed by atoms with van der Waals surface area (Å²) in [6.45, 7) is 1.01. The minimum Gasteiger partial charge on any atom is -0.490 e. The van der Waals surface area contributed by atoms with E-state index in [-0.39, 0.29) is 6.04 Å². The van der Waals surface area contributed by atoms with Crippen LogP contribution in [0, 0.1) is 0 Å². The minimum absolute atomic E-state index is 0.197. The van der Waals surface area contributed by atoms with E-state index in [4.69, 9.17) is 10.6 Å². The number of hydrogen-bond acceptors (Lipinski definition) is 4. The molecule has 1 fully saturated rings. The van der Waals surface area contributed by atoms with Crippen molar-refractivity contribution in [2.75, 3.05) is 20.6 Å². The van der Waals surface area contributed by atoms with Gasteiger partial charge in [-0.3, -0.25) is 11.3 Å². The summed E-state index contributed by atoms with van der Waals surface area (Å²) in [4.78, 5) is 2.16. The molecule has 0 saturated heterocycles. The molecule has 0 radical (unpaired) electrons. The summed E-state index contributed by atoms with van der Waals surface area (Å²) in [6, 6.07) is 8.46. The van der Waals surface area contributed by atoms with Gasteiger partial charge in [-0.25, -0.2) is 0 Å². The van der Waals surface area contributed by atoms with Crippen LogP contribution in [0.5, 0.6) is 5.75 Å². The zero-order valence-electron chi connectivity index (χ0n) is 11.2. The molecule has 1 unspecified atom stereocenters. The predicted molar refractivity (Wildman–Crippen MR) is 73.3 cm³/mol. The molecule has 0 spiro atoms. The molecular weight excluding hydrogens is 226 g/mol. The van der Waals surface area contributed by atoms with Gasteiger partial charge in [0, 0.05) is 6.04 Å². The normalized spacial score (nSPS) is 16.9. The fraction of sp³-hybridized carbons (Fsp3) is 0.571. The zero-order chi connectivity index (χ0) is 13.0. The molecule has 0 aromatic heterocycles. The van der Waals surface area contributed by atoms with Crippen molar-refractivity contribution in [3.8, 4) is 5.75 Å². The van der Waals surface area contributed by atoms with E-state index in [1.54, 1.807) is 0 Å². The van der Waals surface area contributed by atoms with E-state index in [0.717, 1.165) is 18.7 Å². The number of benzene rings is 1. The van der Waals surface area contributed by atoms with Gasteiger partial charge in [0.05, 0.1) is 6.10 Å². The van der Waals surface area contributed by atoms with Gasteiger partial charge in [-0.1, -0.05) is 12.1 Å². The molecule has 0 heterocycles. The van der Waals surface area contributed by atoms with E-state index in [1.165, 1.54) is 18.4 Å². The molecular formula is C14H23N3O. The quantitative estimate of drug-likeness (QED) is 0.570. The van der Waals surface area contributed by atoms with Crippen molar-refractivity contribution in [1.29, 1.82) is 0 Å². The first-order valence-corrected chi connectivity index (χ1v) is 6.56. The van der Waals surface area contributed by atoms with Gasteiger partial charge in [-0.05, 0) is 57.6 Å². The first kappa shape index (κ1) is 13.3. The van der Waals surface area contributed by atoms with Crippen molar-refractivity contribution in [3.63, 3.8) is 0 Å². The van der Waals surface area contributed by atoms with E-state index in [0.29, 0.717) is 6.10 Å². The van der Waals surface area contributed by atoms with Crippen LogP contribution in [-0.2, 0) is 0 Å². The van der Waals surface area contributed by atoms with Crippen LogP contribution in [0.4, 0.5) is 0 Å². The highest BCUT2D eigenvalue weighted by Crippen LogP contribution is 2.27. The molecule has 3 N–H and O–H groups in total. The molecule has 1 atom stereocenters. The summed E-state index contributed by atoms with van der Waals surface area (Å²) in [7, 11) is 4.14. The van der Waals surface area contributed by atoms with Crippen molar-refractivity contribution in [2.24, 2.45) is 5.84 Å². The van der Waals surface area contributed by atoms with Crippen LogP contribution in [-0.4, -0.2) is 31.6 Å². The van der Waals surface area contributed by atoms with Gasteiger partial charge in [-0.15, -0.1) is 0 Å². The third kappa shape index (κ3) is 3.98. The van der Waals surface area contributed by atoms with Crippen LogP contribution in [0.3, 0.4) is 0 Å². The average Bonchev–Trinajstić information content (AvgIpc) is 3.15. The van der Waals surface area contributed by atoms with Crippen LogP contribution in [0.15, 0.2) is 24.3 Å². The Morgan fingerprint density at radius 3 is 2.50 bits per heavy atom. The maximum atomic E-state index is 5.73. The van der Waals surface area contributed by atoms with Gasteiger partial charge in [-0.2, -0.15) is 0 Å². The lowest BCUT2D eigenvalue weighted by atomic mass is 10.0. The van der Waals surface area contributed by atoms with Gasteiger partial charge >= 0.3 is 0 Å². The molecule has 0 aliphatic heterocycles. The Morgan fingerprint density at radius 1 is 1.33 bits per heavy atom. The van der Waals surface area contributed by atoms with Gasteiger partial charge in [0.1, 0.15) is 5.75 Å². The lowest BCUT2D eigenvalue weighted by Gasteiger charge is -2.19. The van der Waals surface area contributed by atoms with E-state index in [2.05, 4.69) is 36.6 Å². The van der Waals surface area contributed by atoms with Gasteiger partial charge in [0.25, 0.3) is 0 Å². The van der Waals surface area contributed by atoms with Crippen molar-refractivity contribution in [1.82, 2.24) is 10.3 Å². The second kappa shape index (κ2) is 6.18. The van der Waals surface area contributed by atoms with Gasteiger partial charge < -0.3 is 9.64 Å². The monoisotopic (exact) mass is 249 g/mol. The van der Waals surface area contributed by atoms with Crippen LogP contribution in [0.25, 0.3) is 0 Å². The number of nitrogens with one attached hydrogen (secondary N) is 1. The third-order valence-electron chi connectivity index (χ3n) is 3.18. The molecule has 1 saturated carbocycles. The summed E-state index contributed by atoms with van der Waals surface area (Å²) < 4.78 is 5.73. The lowest BCUT2D eigenvalue weighted by molar-refractivity contribution is 0.303. The number of hydrogen-bond donors (Lipinski definition) is 2. The molecule has 1 aliphatic rings. The minimum atomic E-state index is 0.197. The topological polar surface area (TPSA) is 50.5 Å². The first-order chi connectivity index (χ1) is 8.69.